The molecular weight excluding hydrogens is 188 g/mol. The van der Waals surface area contributed by atoms with Crippen molar-refractivity contribution in [1.82, 2.24) is 0 Å². The summed E-state index contributed by atoms with van der Waals surface area (Å²) in [5.74, 6) is 0. The van der Waals surface area contributed by atoms with Crippen LogP contribution < -0.4 is 33.0 Å². The summed E-state index contributed by atoms with van der Waals surface area (Å²) in [6.45, 7) is 0. The quantitative estimate of drug-likeness (QED) is 0.261. The van der Waals surface area contributed by atoms with Gasteiger partial charge in [0.25, 0.3) is 0 Å². The minimum atomic E-state index is -4.64. The Hall–Kier alpha value is 1.97. The molecule has 0 rings (SSSR count). The minimum absolute atomic E-state index is 0. The molecule has 48 valence electrons. The Labute approximate surface area is 95.7 Å². The van der Waals surface area contributed by atoms with Crippen LogP contribution in [0.15, 0.2) is 0 Å². The van der Waals surface area contributed by atoms with E-state index in [2.05, 4.69) is 0 Å². The first-order valence-electron chi connectivity index (χ1n) is 0.655. The van der Waals surface area contributed by atoms with E-state index in [1.165, 1.54) is 0 Å². The van der Waals surface area contributed by atoms with E-state index in [0.717, 1.165) is 0 Å². The Morgan fingerprint density at radius 1 is 0.778 bits per heavy atom. The maximum atomic E-state index is 9.81. The largest absolute Gasteiger partial charge is 2.00 e. The van der Waals surface area contributed by atoms with Gasteiger partial charge in [-0.2, -0.15) is 0 Å². The zero-order valence-corrected chi connectivity index (χ0v) is 7.92. The molecule has 9 heteroatoms. The van der Waals surface area contributed by atoms with E-state index in [-0.39, 0.29) is 70.7 Å². The van der Waals surface area contributed by atoms with Crippen LogP contribution >= 0.6 is 0 Å². The molecular formula is AlCaF6Li. The molecule has 0 nitrogen and oxygen atoms in total. The molecule has 0 N–H and O–H groups in total. The number of hydrogen-bond donors (Lipinski definition) is 0. The summed E-state index contributed by atoms with van der Waals surface area (Å²) in [4.78, 5) is 0. The van der Waals surface area contributed by atoms with Crippen LogP contribution in [0.5, 0.6) is 0 Å². The van der Waals surface area contributed by atoms with Gasteiger partial charge < -0.3 is 24.7 Å². The molecule has 0 aliphatic carbocycles. The monoisotopic (exact) mass is 188 g/mol. The summed E-state index contributed by atoms with van der Waals surface area (Å²) in [6, 6.07) is 0. The number of hydrogen-bond acceptors (Lipinski definition) is 0. The van der Waals surface area contributed by atoms with E-state index in [1.807, 2.05) is 0 Å². The third kappa shape index (κ3) is 163. The first kappa shape index (κ1) is 44.1. The fraction of sp³-hybridized carbons (Fsp3) is 0. The van der Waals surface area contributed by atoms with Crippen LogP contribution in [0.2, 0.25) is 0 Å². The zero-order chi connectivity index (χ0) is 3.58. The summed E-state index contributed by atoms with van der Waals surface area (Å²) < 4.78 is 29.4. The summed E-state index contributed by atoms with van der Waals surface area (Å²) in [5, 5.41) is 0. The van der Waals surface area contributed by atoms with Gasteiger partial charge in [-0.3, -0.25) is 0 Å². The van der Waals surface area contributed by atoms with Crippen molar-refractivity contribution in [2.75, 3.05) is 0 Å². The molecule has 0 fully saturated rings. The molecule has 0 radical (unpaired) electrons. The van der Waals surface area contributed by atoms with Crippen molar-refractivity contribution in [2.45, 2.75) is 0 Å². The molecule has 0 aromatic carbocycles. The van der Waals surface area contributed by atoms with E-state index >= 15 is 0 Å². The van der Waals surface area contributed by atoms with Gasteiger partial charge in [-0.1, -0.05) is 0 Å². The second-order valence-electron chi connectivity index (χ2n) is 0.247. The van der Waals surface area contributed by atoms with Crippen LogP contribution in [0.4, 0.5) is 10.6 Å². The topological polar surface area (TPSA) is 0 Å². The average Bonchev–Trinajstić information content (AvgIpc) is 0.811. The van der Waals surface area contributed by atoms with Gasteiger partial charge in [0.05, 0.1) is 0 Å². The molecule has 0 atom stereocenters. The normalized spacial score (nSPS) is 3.00. The van der Waals surface area contributed by atoms with Crippen molar-refractivity contribution in [3.05, 3.63) is 0 Å². The van der Waals surface area contributed by atoms with Crippen LogP contribution in [0.1, 0.15) is 0 Å². The van der Waals surface area contributed by atoms with E-state index < -0.39 is 15.5 Å². The smallest absolute Gasteiger partial charge is 1.00 e. The van der Waals surface area contributed by atoms with E-state index in [1.54, 1.807) is 0 Å². The molecule has 0 spiro atoms. The summed E-state index contributed by atoms with van der Waals surface area (Å²) in [7, 11) is 0. The fourth-order valence-corrected chi connectivity index (χ4v) is 0. The van der Waals surface area contributed by atoms with E-state index in [0.29, 0.717) is 0 Å². The maximum absolute atomic E-state index is 9.81. The van der Waals surface area contributed by atoms with Crippen LogP contribution in [0.3, 0.4) is 0 Å². The van der Waals surface area contributed by atoms with Crippen molar-refractivity contribution in [3.63, 3.8) is 0 Å². The first-order chi connectivity index (χ1) is 1.73. The maximum Gasteiger partial charge on any atom is 2.00 e. The Kier molecular flexibility index (Phi) is 159. The van der Waals surface area contributed by atoms with Crippen LogP contribution in [0, 0.1) is 0 Å². The predicted molar refractivity (Wildman–Crippen MR) is 14.8 cm³/mol. The molecule has 0 heterocycles. The van der Waals surface area contributed by atoms with Crippen molar-refractivity contribution in [3.8, 4) is 0 Å². The predicted octanol–water partition coefficient (Wildman–Crippen LogP) is -11.5. The van der Waals surface area contributed by atoms with Gasteiger partial charge in [0.1, 0.15) is 0 Å². The molecule has 0 aromatic rings. The van der Waals surface area contributed by atoms with Gasteiger partial charge in [0.15, 0.2) is 0 Å². The van der Waals surface area contributed by atoms with Gasteiger partial charge in [0.2, 0.25) is 0 Å². The fourth-order valence-electron chi connectivity index (χ4n) is 0. The van der Waals surface area contributed by atoms with Crippen LogP contribution in [0.25, 0.3) is 0 Å². The second kappa shape index (κ2) is 32.5. The van der Waals surface area contributed by atoms with E-state index in [9.17, 15) is 10.6 Å². The van der Waals surface area contributed by atoms with Gasteiger partial charge in [0, 0.05) is 0 Å². The first-order valence-corrected chi connectivity index (χ1v) is 1.96. The third-order valence-electron chi connectivity index (χ3n) is 0. The third-order valence-corrected chi connectivity index (χ3v) is 0. The van der Waals surface area contributed by atoms with Crippen molar-refractivity contribution >= 4 is 53.3 Å². The molecule has 0 unspecified atom stereocenters. The van der Waals surface area contributed by atoms with Crippen molar-refractivity contribution < 1.29 is 43.5 Å². The van der Waals surface area contributed by atoms with Gasteiger partial charge in [-0.15, -0.1) is 0 Å². The van der Waals surface area contributed by atoms with Gasteiger partial charge in [-0.25, -0.2) is 0 Å². The average molecular weight is 188 g/mol. The Bertz CT molecular complexity index is 17.8. The van der Waals surface area contributed by atoms with Crippen molar-refractivity contribution in [1.29, 1.82) is 0 Å². The zero-order valence-electron chi connectivity index (χ0n) is 4.55. The summed E-state index contributed by atoms with van der Waals surface area (Å²) in [6.07, 6.45) is 0. The molecule has 0 saturated carbocycles. The Morgan fingerprint density at radius 3 is 0.778 bits per heavy atom. The molecule has 0 bridgehead atoms. The van der Waals surface area contributed by atoms with Gasteiger partial charge >= 0.3 is 72.1 Å². The van der Waals surface area contributed by atoms with Crippen LogP contribution in [-0.4, -0.2) is 53.3 Å². The minimum Gasteiger partial charge on any atom is -1.00 e. The molecule has 9 heavy (non-hydrogen) atoms. The van der Waals surface area contributed by atoms with Crippen LogP contribution in [-0.2, 0) is 0 Å². The number of halogens is 6. The standard InChI is InChI=1S/Al.Ca.6FH.Li/h;;6*1H;/q+3;+2;;;;;;;+1/p-6. The Balaban J connectivity index is -0.00000000450. The molecule has 0 aliphatic rings. The number of rotatable bonds is 0. The summed E-state index contributed by atoms with van der Waals surface area (Å²) >= 11 is -4.64. The van der Waals surface area contributed by atoms with Gasteiger partial charge in [-0.05, 0) is 0 Å². The second-order valence-corrected chi connectivity index (χ2v) is 0.742. The SMILES string of the molecule is [Ca+2].[F-].[F-].[F-].[F][Al]([F])[F].[Li+]. The molecule has 0 saturated heterocycles. The molecule has 0 aliphatic heterocycles. The van der Waals surface area contributed by atoms with E-state index in [4.69, 9.17) is 0 Å². The Morgan fingerprint density at radius 2 is 0.778 bits per heavy atom. The summed E-state index contributed by atoms with van der Waals surface area (Å²) in [5.41, 5.74) is 0. The molecule has 0 amide bonds. The molecule has 0 aromatic heterocycles. The van der Waals surface area contributed by atoms with Crippen molar-refractivity contribution in [2.24, 2.45) is 0 Å².